The van der Waals surface area contributed by atoms with Crippen LogP contribution in [0.4, 0.5) is 5.69 Å². The van der Waals surface area contributed by atoms with Gasteiger partial charge in [-0.15, -0.1) is 0 Å². The van der Waals surface area contributed by atoms with Gasteiger partial charge in [0.2, 0.25) is 0 Å². The molecule has 0 spiro atoms. The van der Waals surface area contributed by atoms with Gasteiger partial charge in [0.05, 0.1) is 11.7 Å². The van der Waals surface area contributed by atoms with Crippen molar-refractivity contribution in [2.24, 2.45) is 0 Å². The van der Waals surface area contributed by atoms with Crippen LogP contribution >= 0.6 is 0 Å². The molecule has 0 aliphatic carbocycles. The summed E-state index contributed by atoms with van der Waals surface area (Å²) < 4.78 is 5.60. The molecule has 0 saturated carbocycles. The number of fused-ring (bicyclic) bond motifs is 1. The van der Waals surface area contributed by atoms with E-state index in [9.17, 15) is 4.79 Å². The Kier molecular flexibility index (Phi) is 5.18. The highest BCUT2D eigenvalue weighted by Gasteiger charge is 2.28. The summed E-state index contributed by atoms with van der Waals surface area (Å²) in [4.78, 5) is 17.8. The molecule has 2 aliphatic heterocycles. The number of benzene rings is 1. The number of carbonyl (C=O) groups excluding carboxylic acids is 1. The van der Waals surface area contributed by atoms with Crippen molar-refractivity contribution in [1.82, 2.24) is 9.80 Å². The third-order valence-corrected chi connectivity index (χ3v) is 4.92. The maximum absolute atomic E-state index is 13.0. The van der Waals surface area contributed by atoms with E-state index in [4.69, 9.17) is 4.74 Å². The minimum absolute atomic E-state index is 0.0171. The van der Waals surface area contributed by atoms with Crippen LogP contribution in [-0.4, -0.2) is 67.5 Å². The Balaban J connectivity index is 1.72. The molecule has 23 heavy (non-hydrogen) atoms. The van der Waals surface area contributed by atoms with E-state index in [0.29, 0.717) is 6.61 Å². The molecule has 5 nitrogen and oxygen atoms in total. The minimum atomic E-state index is -0.0171. The maximum Gasteiger partial charge on any atom is 0.180 e. The fourth-order valence-corrected chi connectivity index (χ4v) is 3.49. The second kappa shape index (κ2) is 7.32. The van der Waals surface area contributed by atoms with Crippen LogP contribution in [0, 0.1) is 0 Å². The van der Waals surface area contributed by atoms with Crippen molar-refractivity contribution in [1.29, 1.82) is 0 Å². The molecule has 126 valence electrons. The fourth-order valence-electron chi connectivity index (χ4n) is 3.49. The number of nitrogens with one attached hydrogen (secondary N) is 1. The topological polar surface area (TPSA) is 44.8 Å². The van der Waals surface area contributed by atoms with Crippen LogP contribution in [0.2, 0.25) is 0 Å². The second-order valence-electron chi connectivity index (χ2n) is 6.24. The Bertz CT molecular complexity index is 553. The van der Waals surface area contributed by atoms with Gasteiger partial charge in [-0.05, 0) is 31.2 Å². The Morgan fingerprint density at radius 1 is 1.26 bits per heavy atom. The number of ether oxygens (including phenoxy) is 1. The molecular formula is C18H27N3O2. The number of rotatable bonds is 5. The van der Waals surface area contributed by atoms with Gasteiger partial charge in [0.15, 0.2) is 5.78 Å². The van der Waals surface area contributed by atoms with Gasteiger partial charge in [0.1, 0.15) is 12.4 Å². The van der Waals surface area contributed by atoms with E-state index >= 15 is 0 Å². The highest BCUT2D eigenvalue weighted by molar-refractivity contribution is 6.01. The normalized spacial score (nSPS) is 20.3. The zero-order valence-corrected chi connectivity index (χ0v) is 14.2. The van der Waals surface area contributed by atoms with E-state index < -0.39 is 0 Å². The molecule has 5 heteroatoms. The summed E-state index contributed by atoms with van der Waals surface area (Å²) in [6, 6.07) is 5.74. The number of hydrogen-bond acceptors (Lipinski definition) is 5. The molecular weight excluding hydrogens is 290 g/mol. The summed E-state index contributed by atoms with van der Waals surface area (Å²) in [5.74, 6) is 1.07. The van der Waals surface area contributed by atoms with Gasteiger partial charge in [-0.2, -0.15) is 0 Å². The van der Waals surface area contributed by atoms with Crippen LogP contribution < -0.4 is 10.1 Å². The zero-order chi connectivity index (χ0) is 16.2. The molecule has 2 heterocycles. The van der Waals surface area contributed by atoms with Crippen LogP contribution in [0.15, 0.2) is 18.2 Å². The Morgan fingerprint density at radius 3 is 2.74 bits per heavy atom. The first-order valence-corrected chi connectivity index (χ1v) is 8.74. The average Bonchev–Trinajstić information content (AvgIpc) is 2.62. The monoisotopic (exact) mass is 317 g/mol. The largest absolute Gasteiger partial charge is 0.490 e. The highest BCUT2D eigenvalue weighted by Crippen LogP contribution is 2.29. The molecule has 1 saturated heterocycles. The summed E-state index contributed by atoms with van der Waals surface area (Å²) in [7, 11) is 0. The lowest BCUT2D eigenvalue weighted by Crippen LogP contribution is -2.52. The van der Waals surface area contributed by atoms with Crippen molar-refractivity contribution >= 4 is 11.5 Å². The Morgan fingerprint density at radius 2 is 2.04 bits per heavy atom. The molecule has 0 amide bonds. The number of carbonyl (C=O) groups is 1. The summed E-state index contributed by atoms with van der Waals surface area (Å²) >= 11 is 0. The van der Waals surface area contributed by atoms with E-state index in [2.05, 4.69) is 29.0 Å². The number of piperazine rings is 1. The lowest BCUT2D eigenvalue weighted by atomic mass is 9.99. The SMILES string of the molecule is CCC(C(=O)c1ccc2c(c1)NCCO2)N1CCN(CC)CC1. The number of anilines is 1. The van der Waals surface area contributed by atoms with Crippen molar-refractivity contribution in [3.05, 3.63) is 23.8 Å². The lowest BCUT2D eigenvalue weighted by Gasteiger charge is -2.38. The molecule has 0 radical (unpaired) electrons. The molecule has 1 N–H and O–H groups in total. The van der Waals surface area contributed by atoms with Crippen molar-refractivity contribution in [2.45, 2.75) is 26.3 Å². The van der Waals surface area contributed by atoms with E-state index in [1.165, 1.54) is 0 Å². The van der Waals surface area contributed by atoms with Crippen LogP contribution in [0.25, 0.3) is 0 Å². The summed E-state index contributed by atoms with van der Waals surface area (Å²) in [6.07, 6.45) is 0.853. The van der Waals surface area contributed by atoms with Crippen LogP contribution in [-0.2, 0) is 0 Å². The number of hydrogen-bond donors (Lipinski definition) is 1. The van der Waals surface area contributed by atoms with E-state index in [0.717, 1.165) is 62.7 Å². The lowest BCUT2D eigenvalue weighted by molar-refractivity contribution is 0.0668. The second-order valence-corrected chi connectivity index (χ2v) is 6.24. The molecule has 1 unspecified atom stereocenters. The van der Waals surface area contributed by atoms with Crippen molar-refractivity contribution < 1.29 is 9.53 Å². The summed E-state index contributed by atoms with van der Waals surface area (Å²) in [5.41, 5.74) is 1.72. The van der Waals surface area contributed by atoms with Gasteiger partial charge in [-0.25, -0.2) is 0 Å². The van der Waals surface area contributed by atoms with Crippen LogP contribution in [0.5, 0.6) is 5.75 Å². The van der Waals surface area contributed by atoms with Gasteiger partial charge in [-0.3, -0.25) is 9.69 Å². The minimum Gasteiger partial charge on any atom is -0.490 e. The van der Waals surface area contributed by atoms with E-state index in [1.807, 2.05) is 18.2 Å². The molecule has 2 aliphatic rings. The number of Topliss-reactive ketones (excluding diaryl/α,β-unsaturated/α-hetero) is 1. The molecule has 0 aromatic heterocycles. The molecule has 0 bridgehead atoms. The van der Waals surface area contributed by atoms with Crippen molar-refractivity contribution in [3.8, 4) is 5.75 Å². The zero-order valence-electron chi connectivity index (χ0n) is 14.2. The smallest absolute Gasteiger partial charge is 0.180 e. The molecule has 1 aromatic rings. The van der Waals surface area contributed by atoms with Gasteiger partial charge in [-0.1, -0.05) is 13.8 Å². The molecule has 3 rings (SSSR count). The van der Waals surface area contributed by atoms with E-state index in [-0.39, 0.29) is 11.8 Å². The van der Waals surface area contributed by atoms with Gasteiger partial charge in [0.25, 0.3) is 0 Å². The fraction of sp³-hybridized carbons (Fsp3) is 0.611. The van der Waals surface area contributed by atoms with Crippen molar-refractivity contribution in [2.75, 3.05) is 51.2 Å². The van der Waals surface area contributed by atoms with Gasteiger partial charge < -0.3 is 15.0 Å². The van der Waals surface area contributed by atoms with Crippen LogP contribution in [0.3, 0.4) is 0 Å². The number of ketones is 1. The average molecular weight is 317 g/mol. The third kappa shape index (κ3) is 3.51. The number of likely N-dealkylation sites (N-methyl/N-ethyl adjacent to an activating group) is 1. The van der Waals surface area contributed by atoms with Crippen molar-refractivity contribution in [3.63, 3.8) is 0 Å². The molecule has 1 fully saturated rings. The first-order valence-electron chi connectivity index (χ1n) is 8.74. The standard InChI is InChI=1S/C18H27N3O2/c1-3-16(21-10-8-20(4-2)9-11-21)18(22)14-5-6-17-15(13-14)19-7-12-23-17/h5-6,13,16,19H,3-4,7-12H2,1-2H3. The quantitative estimate of drug-likeness (QED) is 0.843. The predicted octanol–water partition coefficient (Wildman–Crippen LogP) is 2.09. The first kappa shape index (κ1) is 16.3. The maximum atomic E-state index is 13.0. The van der Waals surface area contributed by atoms with Gasteiger partial charge >= 0.3 is 0 Å². The Labute approximate surface area is 138 Å². The third-order valence-electron chi connectivity index (χ3n) is 4.92. The molecule has 1 atom stereocenters. The van der Waals surface area contributed by atoms with Gasteiger partial charge in [0, 0.05) is 38.3 Å². The first-order chi connectivity index (χ1) is 11.2. The van der Waals surface area contributed by atoms with Crippen LogP contribution in [0.1, 0.15) is 30.6 Å². The van der Waals surface area contributed by atoms with E-state index in [1.54, 1.807) is 0 Å². The summed E-state index contributed by atoms with van der Waals surface area (Å²) in [5, 5.41) is 3.31. The highest BCUT2D eigenvalue weighted by atomic mass is 16.5. The number of nitrogens with zero attached hydrogens (tertiary/aromatic N) is 2. The Hall–Kier alpha value is -1.59. The summed E-state index contributed by atoms with van der Waals surface area (Å²) in [6.45, 7) is 10.9. The molecule has 1 aromatic carbocycles. The predicted molar refractivity (Wildman–Crippen MR) is 92.5 cm³/mol.